The molecule has 2 bridgehead atoms. The Bertz CT molecular complexity index is 1550. The van der Waals surface area contributed by atoms with Gasteiger partial charge < -0.3 is 9.64 Å². The fraction of sp³-hybridized carbons (Fsp3) is 0.333. The Morgan fingerprint density at radius 2 is 1.74 bits per heavy atom. The van der Waals surface area contributed by atoms with E-state index in [9.17, 15) is 24.0 Å². The Hall–Kier alpha value is -4.09. The van der Waals surface area contributed by atoms with Gasteiger partial charge in [0.25, 0.3) is 5.91 Å². The van der Waals surface area contributed by atoms with Crippen molar-refractivity contribution in [3.05, 3.63) is 77.6 Å². The van der Waals surface area contributed by atoms with Gasteiger partial charge in [-0.25, -0.2) is 9.29 Å². The first-order valence-electron chi connectivity index (χ1n) is 12.7. The van der Waals surface area contributed by atoms with E-state index in [-0.39, 0.29) is 17.7 Å². The van der Waals surface area contributed by atoms with Crippen molar-refractivity contribution in [2.45, 2.75) is 37.4 Å². The van der Waals surface area contributed by atoms with Crippen molar-refractivity contribution in [2.24, 2.45) is 11.8 Å². The first-order chi connectivity index (χ1) is 18.2. The summed E-state index contributed by atoms with van der Waals surface area (Å²) in [7, 11) is 1.67. The highest BCUT2D eigenvalue weighted by molar-refractivity contribution is 6.26. The summed E-state index contributed by atoms with van der Waals surface area (Å²) in [5.41, 5.74) is -0.302. The molecule has 3 aliphatic heterocycles. The molecule has 0 aliphatic carbocycles. The Balaban J connectivity index is 1.31. The summed E-state index contributed by atoms with van der Waals surface area (Å²) in [5.74, 6) is -2.52. The van der Waals surface area contributed by atoms with Gasteiger partial charge in [0, 0.05) is 29.9 Å². The van der Waals surface area contributed by atoms with E-state index in [0.29, 0.717) is 53.4 Å². The Morgan fingerprint density at radius 3 is 2.45 bits per heavy atom. The van der Waals surface area contributed by atoms with E-state index in [1.54, 1.807) is 24.1 Å². The van der Waals surface area contributed by atoms with Crippen molar-refractivity contribution >= 4 is 34.2 Å². The molecule has 38 heavy (non-hydrogen) atoms. The molecule has 3 heterocycles. The highest BCUT2D eigenvalue weighted by atomic mass is 19.1. The number of halogens is 1. The maximum Gasteiger partial charge on any atom is 0.253 e. The van der Waals surface area contributed by atoms with E-state index in [1.807, 2.05) is 31.2 Å². The molecule has 0 aromatic heterocycles. The second-order valence-electron chi connectivity index (χ2n) is 10.7. The summed E-state index contributed by atoms with van der Waals surface area (Å²) in [4.78, 5) is 43.6. The standard InChI is InChI=1S/C30H26FN3O4/c1-29-13-14-30(38-29,15-16-33(2)26(35)18-7-10-20(31)11-8-18)25-24(29)27(36)34(28(25)37)23-12-9-19(17-32)21-5-3-4-6-22(21)23/h3-12,24-25H,13-16H2,1-2H3/t24?,25-,29?,30?/m0/s1. The van der Waals surface area contributed by atoms with Crippen LogP contribution in [-0.4, -0.2) is 47.4 Å². The first kappa shape index (κ1) is 24.3. The number of ether oxygens (including phenoxy) is 1. The lowest BCUT2D eigenvalue weighted by atomic mass is 9.67. The molecule has 0 saturated carbocycles. The minimum atomic E-state index is -0.860. The summed E-state index contributed by atoms with van der Waals surface area (Å²) in [5, 5.41) is 10.9. The van der Waals surface area contributed by atoms with Crippen molar-refractivity contribution in [3.8, 4) is 6.07 Å². The third-order valence-electron chi connectivity index (χ3n) is 8.58. The summed E-state index contributed by atoms with van der Waals surface area (Å²) < 4.78 is 19.8. The van der Waals surface area contributed by atoms with Gasteiger partial charge in [0.05, 0.1) is 40.4 Å². The average Bonchev–Trinajstić information content (AvgIpc) is 3.51. The summed E-state index contributed by atoms with van der Waals surface area (Å²) in [6, 6.07) is 18.2. The summed E-state index contributed by atoms with van der Waals surface area (Å²) in [6.45, 7) is 2.22. The third kappa shape index (κ3) is 3.38. The first-order valence-corrected chi connectivity index (χ1v) is 12.7. The fourth-order valence-corrected chi connectivity index (χ4v) is 6.69. The van der Waals surface area contributed by atoms with Gasteiger partial charge in [-0.05, 0) is 62.6 Å². The maximum atomic E-state index is 14.0. The molecule has 3 amide bonds. The zero-order valence-electron chi connectivity index (χ0n) is 21.1. The molecule has 3 fully saturated rings. The molecule has 8 heteroatoms. The van der Waals surface area contributed by atoms with E-state index in [1.165, 1.54) is 29.2 Å². The lowest BCUT2D eigenvalue weighted by Crippen LogP contribution is -2.44. The number of nitrogens with zero attached hydrogens (tertiary/aromatic N) is 3. The minimum Gasteiger partial charge on any atom is -0.367 e. The predicted octanol–water partition coefficient (Wildman–Crippen LogP) is 4.44. The Morgan fingerprint density at radius 1 is 1.05 bits per heavy atom. The van der Waals surface area contributed by atoms with Crippen LogP contribution in [-0.2, 0) is 14.3 Å². The van der Waals surface area contributed by atoms with Crippen molar-refractivity contribution in [2.75, 3.05) is 18.5 Å². The topological polar surface area (TPSA) is 90.7 Å². The molecular formula is C30H26FN3O4. The van der Waals surface area contributed by atoms with Crippen LogP contribution in [0, 0.1) is 29.0 Å². The number of hydrogen-bond donors (Lipinski definition) is 0. The molecule has 3 aliphatic rings. The molecule has 192 valence electrons. The number of nitriles is 1. The van der Waals surface area contributed by atoms with Crippen LogP contribution in [0.15, 0.2) is 60.7 Å². The van der Waals surface area contributed by atoms with Crippen molar-refractivity contribution in [1.29, 1.82) is 5.26 Å². The number of carbonyl (C=O) groups is 3. The predicted molar refractivity (Wildman–Crippen MR) is 138 cm³/mol. The van der Waals surface area contributed by atoms with Crippen LogP contribution in [0.5, 0.6) is 0 Å². The second kappa shape index (κ2) is 8.47. The highest BCUT2D eigenvalue weighted by Gasteiger charge is 2.73. The van der Waals surface area contributed by atoms with Crippen molar-refractivity contribution in [1.82, 2.24) is 4.90 Å². The zero-order valence-corrected chi connectivity index (χ0v) is 21.1. The zero-order chi connectivity index (χ0) is 26.8. The van der Waals surface area contributed by atoms with Crippen LogP contribution in [0.2, 0.25) is 0 Å². The molecule has 0 spiro atoms. The van der Waals surface area contributed by atoms with Crippen molar-refractivity contribution in [3.63, 3.8) is 0 Å². The summed E-state index contributed by atoms with van der Waals surface area (Å²) >= 11 is 0. The molecule has 3 saturated heterocycles. The quantitative estimate of drug-likeness (QED) is 0.473. The largest absolute Gasteiger partial charge is 0.367 e. The van der Waals surface area contributed by atoms with Gasteiger partial charge in [-0.3, -0.25) is 14.4 Å². The summed E-state index contributed by atoms with van der Waals surface area (Å²) in [6.07, 6.45) is 1.66. The number of benzene rings is 3. The monoisotopic (exact) mass is 511 g/mol. The highest BCUT2D eigenvalue weighted by Crippen LogP contribution is 2.62. The van der Waals surface area contributed by atoms with Gasteiger partial charge in [0.15, 0.2) is 0 Å². The van der Waals surface area contributed by atoms with Crippen LogP contribution in [0.25, 0.3) is 10.8 Å². The average molecular weight is 512 g/mol. The molecule has 3 aromatic rings. The normalized spacial score (nSPS) is 27.6. The maximum absolute atomic E-state index is 14.0. The molecule has 4 atom stereocenters. The van der Waals surface area contributed by atoms with E-state index < -0.39 is 28.9 Å². The van der Waals surface area contributed by atoms with Crippen LogP contribution in [0.3, 0.4) is 0 Å². The Labute approximate surface area is 219 Å². The SMILES string of the molecule is CN(CCC12CCC(C)(O1)C1C(=O)N(c3ccc(C#N)c4ccccc34)C(=O)[C@H]12)C(=O)c1ccc(F)cc1. The van der Waals surface area contributed by atoms with Crippen LogP contribution in [0.1, 0.15) is 42.1 Å². The van der Waals surface area contributed by atoms with E-state index in [2.05, 4.69) is 6.07 Å². The van der Waals surface area contributed by atoms with Gasteiger partial charge in [0.1, 0.15) is 5.82 Å². The number of anilines is 1. The van der Waals surface area contributed by atoms with E-state index in [4.69, 9.17) is 4.74 Å². The molecule has 3 aromatic carbocycles. The fourth-order valence-electron chi connectivity index (χ4n) is 6.69. The lowest BCUT2D eigenvalue weighted by Gasteiger charge is -2.32. The number of fused-ring (bicyclic) bond motifs is 6. The third-order valence-corrected chi connectivity index (χ3v) is 8.58. The van der Waals surface area contributed by atoms with Gasteiger partial charge in [-0.15, -0.1) is 0 Å². The van der Waals surface area contributed by atoms with Crippen molar-refractivity contribution < 1.29 is 23.5 Å². The second-order valence-corrected chi connectivity index (χ2v) is 10.7. The van der Waals surface area contributed by atoms with Gasteiger partial charge in [0.2, 0.25) is 11.8 Å². The number of amides is 3. The van der Waals surface area contributed by atoms with E-state index >= 15 is 0 Å². The number of rotatable bonds is 5. The molecule has 6 rings (SSSR count). The minimum absolute atomic E-state index is 0.254. The smallest absolute Gasteiger partial charge is 0.253 e. The molecule has 0 radical (unpaired) electrons. The van der Waals surface area contributed by atoms with Crippen LogP contribution in [0.4, 0.5) is 10.1 Å². The Kier molecular flexibility index (Phi) is 5.41. The molecular weight excluding hydrogens is 485 g/mol. The van der Waals surface area contributed by atoms with Gasteiger partial charge in [-0.1, -0.05) is 24.3 Å². The lowest BCUT2D eigenvalue weighted by molar-refractivity contribution is -0.130. The molecule has 3 unspecified atom stereocenters. The number of hydrogen-bond acceptors (Lipinski definition) is 5. The van der Waals surface area contributed by atoms with Crippen LogP contribution >= 0.6 is 0 Å². The van der Waals surface area contributed by atoms with Gasteiger partial charge in [-0.2, -0.15) is 5.26 Å². The number of carbonyl (C=O) groups excluding carboxylic acids is 3. The molecule has 7 nitrogen and oxygen atoms in total. The molecule has 0 N–H and O–H groups in total. The van der Waals surface area contributed by atoms with Gasteiger partial charge >= 0.3 is 0 Å². The number of imide groups is 1. The van der Waals surface area contributed by atoms with Crippen LogP contribution < -0.4 is 4.90 Å². The van der Waals surface area contributed by atoms with E-state index in [0.717, 1.165) is 0 Å².